The fourth-order valence-electron chi connectivity index (χ4n) is 3.33. The number of hydrogen-bond donors (Lipinski definition) is 1. The lowest BCUT2D eigenvalue weighted by Crippen LogP contribution is -2.24. The summed E-state index contributed by atoms with van der Waals surface area (Å²) in [4.78, 5) is 13.0. The van der Waals surface area contributed by atoms with Crippen LogP contribution >= 0.6 is 0 Å². The van der Waals surface area contributed by atoms with Gasteiger partial charge in [-0.1, -0.05) is 43.3 Å². The number of rotatable bonds is 5. The van der Waals surface area contributed by atoms with Gasteiger partial charge in [-0.15, -0.1) is 0 Å². The molecule has 9 heteroatoms. The van der Waals surface area contributed by atoms with E-state index in [0.29, 0.717) is 15.6 Å². The van der Waals surface area contributed by atoms with Crippen molar-refractivity contribution in [3.05, 3.63) is 88.7 Å². The summed E-state index contributed by atoms with van der Waals surface area (Å²) < 4.78 is 56.8. The molecule has 3 aromatic carbocycles. The molecular formula is C22H17F2N3O3S. The molecule has 1 aromatic heterocycles. The van der Waals surface area contributed by atoms with Crippen molar-refractivity contribution in [2.45, 2.75) is 11.8 Å². The molecule has 0 saturated heterocycles. The topological polar surface area (TPSA) is 81.1 Å². The Kier molecular flexibility index (Phi) is 5.38. The minimum atomic E-state index is -3.74. The van der Waals surface area contributed by atoms with Gasteiger partial charge in [-0.25, -0.2) is 21.9 Å². The Morgan fingerprint density at radius 1 is 0.935 bits per heavy atom. The van der Waals surface area contributed by atoms with Gasteiger partial charge in [0.15, 0.2) is 11.6 Å². The van der Waals surface area contributed by atoms with Crippen molar-refractivity contribution in [2.75, 3.05) is 6.54 Å². The smallest absolute Gasteiger partial charge is 0.267 e. The second-order valence-electron chi connectivity index (χ2n) is 6.71. The maximum atomic E-state index is 14.4. The van der Waals surface area contributed by atoms with E-state index in [2.05, 4.69) is 9.82 Å². The van der Waals surface area contributed by atoms with E-state index in [4.69, 9.17) is 0 Å². The molecule has 0 atom stereocenters. The first-order valence-electron chi connectivity index (χ1n) is 9.40. The van der Waals surface area contributed by atoms with Crippen LogP contribution in [0.3, 0.4) is 0 Å². The van der Waals surface area contributed by atoms with Crippen LogP contribution in [0.4, 0.5) is 8.78 Å². The lowest BCUT2D eigenvalue weighted by atomic mass is 10.1. The molecule has 0 aliphatic carbocycles. The van der Waals surface area contributed by atoms with Crippen LogP contribution < -0.4 is 10.3 Å². The largest absolute Gasteiger partial charge is 0.279 e. The fourth-order valence-corrected chi connectivity index (χ4v) is 4.42. The highest BCUT2D eigenvalue weighted by molar-refractivity contribution is 7.89. The van der Waals surface area contributed by atoms with Crippen LogP contribution in [0.15, 0.2) is 76.4 Å². The molecule has 0 aliphatic heterocycles. The van der Waals surface area contributed by atoms with Gasteiger partial charge in [0.25, 0.3) is 5.56 Å². The van der Waals surface area contributed by atoms with Crippen LogP contribution in [0.5, 0.6) is 0 Å². The Morgan fingerprint density at radius 2 is 1.58 bits per heavy atom. The average molecular weight is 441 g/mol. The van der Waals surface area contributed by atoms with Gasteiger partial charge >= 0.3 is 0 Å². The molecule has 0 fully saturated rings. The van der Waals surface area contributed by atoms with Crippen molar-refractivity contribution in [1.82, 2.24) is 14.5 Å². The van der Waals surface area contributed by atoms with Crippen molar-refractivity contribution in [1.29, 1.82) is 0 Å². The first kappa shape index (κ1) is 20.8. The Hall–Kier alpha value is -3.43. The molecule has 4 aromatic rings. The van der Waals surface area contributed by atoms with Crippen molar-refractivity contribution < 1.29 is 17.2 Å². The molecule has 1 N–H and O–H groups in total. The molecule has 6 nitrogen and oxygen atoms in total. The van der Waals surface area contributed by atoms with Crippen LogP contribution in [0.1, 0.15) is 6.92 Å². The number of nitrogens with zero attached hydrogens (tertiary/aromatic N) is 2. The summed E-state index contributed by atoms with van der Waals surface area (Å²) in [5.74, 6) is -1.89. The second-order valence-corrected chi connectivity index (χ2v) is 8.48. The van der Waals surface area contributed by atoms with Gasteiger partial charge in [-0.2, -0.15) is 9.78 Å². The van der Waals surface area contributed by atoms with Gasteiger partial charge in [0.2, 0.25) is 10.0 Å². The SMILES string of the molecule is CCNS(=O)(=O)c1cccc(-c2nn(-c3c(F)cccc3F)c(=O)c3ccccc23)c1. The van der Waals surface area contributed by atoms with Gasteiger partial charge < -0.3 is 0 Å². The third kappa shape index (κ3) is 3.73. The van der Waals surface area contributed by atoms with Gasteiger partial charge in [0.1, 0.15) is 5.69 Å². The van der Waals surface area contributed by atoms with E-state index in [1.54, 1.807) is 31.2 Å². The predicted octanol–water partition coefficient (Wildman–Crippen LogP) is 3.63. The van der Waals surface area contributed by atoms with E-state index in [1.165, 1.54) is 30.3 Å². The number of aromatic nitrogens is 2. The monoisotopic (exact) mass is 441 g/mol. The zero-order valence-electron chi connectivity index (χ0n) is 16.3. The molecule has 31 heavy (non-hydrogen) atoms. The fraction of sp³-hybridized carbons (Fsp3) is 0.0909. The number of para-hydroxylation sites is 1. The number of nitrogens with one attached hydrogen (secondary N) is 1. The average Bonchev–Trinajstić information content (AvgIpc) is 2.75. The summed E-state index contributed by atoms with van der Waals surface area (Å²) >= 11 is 0. The number of halogens is 2. The molecule has 158 valence electrons. The number of sulfonamides is 1. The highest BCUT2D eigenvalue weighted by Crippen LogP contribution is 2.28. The van der Waals surface area contributed by atoms with E-state index < -0.39 is 32.9 Å². The predicted molar refractivity (Wildman–Crippen MR) is 114 cm³/mol. The van der Waals surface area contributed by atoms with E-state index in [9.17, 15) is 22.0 Å². The standard InChI is InChI=1S/C22H17F2N3O3S/c1-2-25-31(29,30)15-8-5-7-14(13-15)20-16-9-3-4-10-17(16)22(28)27(26-20)21-18(23)11-6-12-19(21)24/h3-13,25H,2H2,1H3. The van der Waals surface area contributed by atoms with Crippen LogP contribution in [-0.4, -0.2) is 24.7 Å². The first-order valence-corrected chi connectivity index (χ1v) is 10.9. The van der Waals surface area contributed by atoms with Crippen LogP contribution in [0.25, 0.3) is 27.7 Å². The third-order valence-corrected chi connectivity index (χ3v) is 6.25. The molecule has 1 heterocycles. The Balaban J connectivity index is 2.05. The van der Waals surface area contributed by atoms with E-state index in [0.717, 1.165) is 12.1 Å². The summed E-state index contributed by atoms with van der Waals surface area (Å²) in [6.45, 7) is 1.88. The van der Waals surface area contributed by atoms with Crippen LogP contribution in [-0.2, 0) is 10.0 Å². The third-order valence-electron chi connectivity index (χ3n) is 4.71. The van der Waals surface area contributed by atoms with Crippen LogP contribution in [0.2, 0.25) is 0 Å². The first-order chi connectivity index (χ1) is 14.8. The maximum Gasteiger partial charge on any atom is 0.279 e. The Morgan fingerprint density at radius 3 is 2.26 bits per heavy atom. The van der Waals surface area contributed by atoms with E-state index in [-0.39, 0.29) is 22.5 Å². The normalized spacial score (nSPS) is 11.7. The van der Waals surface area contributed by atoms with Crippen molar-refractivity contribution in [3.8, 4) is 16.9 Å². The Bertz CT molecular complexity index is 1450. The molecule has 4 rings (SSSR count). The van der Waals surface area contributed by atoms with Crippen LogP contribution in [0, 0.1) is 11.6 Å². The highest BCUT2D eigenvalue weighted by atomic mass is 32.2. The molecule has 0 saturated carbocycles. The van der Waals surface area contributed by atoms with Gasteiger partial charge in [0, 0.05) is 17.5 Å². The minimum absolute atomic E-state index is 0.00699. The van der Waals surface area contributed by atoms with Crippen molar-refractivity contribution >= 4 is 20.8 Å². The molecule has 0 unspecified atom stereocenters. The summed E-state index contributed by atoms with van der Waals surface area (Å²) in [7, 11) is -3.74. The summed E-state index contributed by atoms with van der Waals surface area (Å²) in [5, 5.41) is 4.86. The summed E-state index contributed by atoms with van der Waals surface area (Å²) in [5.41, 5.74) is -0.706. The lowest BCUT2D eigenvalue weighted by molar-refractivity contribution is 0.556. The van der Waals surface area contributed by atoms with Crippen molar-refractivity contribution in [3.63, 3.8) is 0 Å². The van der Waals surface area contributed by atoms with Gasteiger partial charge in [-0.3, -0.25) is 4.79 Å². The second kappa shape index (κ2) is 8.01. The summed E-state index contributed by atoms with van der Waals surface area (Å²) in [6, 6.07) is 15.7. The van der Waals surface area contributed by atoms with E-state index in [1.807, 2.05) is 0 Å². The zero-order chi connectivity index (χ0) is 22.2. The van der Waals surface area contributed by atoms with E-state index >= 15 is 0 Å². The minimum Gasteiger partial charge on any atom is -0.267 e. The summed E-state index contributed by atoms with van der Waals surface area (Å²) in [6.07, 6.45) is 0. The molecule has 0 bridgehead atoms. The molecule has 0 spiro atoms. The molecule has 0 amide bonds. The molecule has 0 aliphatic rings. The van der Waals surface area contributed by atoms with Gasteiger partial charge in [-0.05, 0) is 30.3 Å². The number of hydrogen-bond acceptors (Lipinski definition) is 4. The van der Waals surface area contributed by atoms with Gasteiger partial charge in [0.05, 0.1) is 16.0 Å². The molecular weight excluding hydrogens is 424 g/mol. The quantitative estimate of drug-likeness (QED) is 0.513. The Labute approximate surface area is 176 Å². The zero-order valence-corrected chi connectivity index (χ0v) is 17.2. The molecule has 0 radical (unpaired) electrons. The number of benzene rings is 3. The number of fused-ring (bicyclic) bond motifs is 1. The maximum absolute atomic E-state index is 14.4. The van der Waals surface area contributed by atoms with Crippen molar-refractivity contribution in [2.24, 2.45) is 0 Å². The highest BCUT2D eigenvalue weighted by Gasteiger charge is 2.20. The lowest BCUT2D eigenvalue weighted by Gasteiger charge is -2.13.